The fraction of sp³-hybridized carbons (Fsp3) is 0.350. The van der Waals surface area contributed by atoms with E-state index in [0.717, 1.165) is 31.5 Å². The highest BCUT2D eigenvalue weighted by molar-refractivity contribution is 5.95. The van der Waals surface area contributed by atoms with Crippen LogP contribution in [0.5, 0.6) is 0 Å². The van der Waals surface area contributed by atoms with Crippen LogP contribution in [0.15, 0.2) is 46.3 Å². The highest BCUT2D eigenvalue weighted by Gasteiger charge is 2.22. The van der Waals surface area contributed by atoms with E-state index in [1.807, 2.05) is 6.07 Å². The summed E-state index contributed by atoms with van der Waals surface area (Å²) < 4.78 is 7.02. The third-order valence-corrected chi connectivity index (χ3v) is 5.04. The normalized spacial score (nSPS) is 16.0. The fourth-order valence-corrected chi connectivity index (χ4v) is 3.56. The Bertz CT molecular complexity index is 1060. The zero-order valence-electron chi connectivity index (χ0n) is 16.5. The number of carbonyl (C=O) groups excluding carboxylic acids is 1. The SMILES string of the molecule is Cc1cc(C2CCCNC2)oc(=O)c1C(=O)NCc1cccnc1-n1cncn1.Cl. The van der Waals surface area contributed by atoms with E-state index in [0.29, 0.717) is 17.1 Å². The Balaban J connectivity index is 0.00000256. The summed E-state index contributed by atoms with van der Waals surface area (Å²) in [7, 11) is 0. The Hall–Kier alpha value is -3.04. The van der Waals surface area contributed by atoms with Gasteiger partial charge in [-0.15, -0.1) is 12.4 Å². The lowest BCUT2D eigenvalue weighted by Gasteiger charge is -2.22. The smallest absolute Gasteiger partial charge is 0.349 e. The second-order valence-electron chi connectivity index (χ2n) is 7.05. The van der Waals surface area contributed by atoms with Crippen LogP contribution >= 0.6 is 12.4 Å². The van der Waals surface area contributed by atoms with E-state index in [4.69, 9.17) is 4.42 Å². The largest absolute Gasteiger partial charge is 0.427 e. The summed E-state index contributed by atoms with van der Waals surface area (Å²) in [5, 5.41) is 10.2. The van der Waals surface area contributed by atoms with E-state index in [-0.39, 0.29) is 30.4 Å². The molecule has 10 heteroatoms. The minimum Gasteiger partial charge on any atom is -0.427 e. The molecule has 0 radical (unpaired) electrons. The van der Waals surface area contributed by atoms with Gasteiger partial charge < -0.3 is 15.1 Å². The van der Waals surface area contributed by atoms with Crippen molar-refractivity contribution < 1.29 is 9.21 Å². The van der Waals surface area contributed by atoms with Crippen molar-refractivity contribution >= 4 is 18.3 Å². The molecule has 30 heavy (non-hydrogen) atoms. The van der Waals surface area contributed by atoms with E-state index < -0.39 is 11.5 Å². The molecule has 0 saturated carbocycles. The average molecular weight is 431 g/mol. The summed E-state index contributed by atoms with van der Waals surface area (Å²) in [6.45, 7) is 3.71. The van der Waals surface area contributed by atoms with Crippen LogP contribution in [0.2, 0.25) is 0 Å². The first-order chi connectivity index (χ1) is 14.1. The molecule has 2 N–H and O–H groups in total. The number of hydrogen-bond acceptors (Lipinski definition) is 7. The summed E-state index contributed by atoms with van der Waals surface area (Å²) in [5.41, 5.74) is 0.787. The van der Waals surface area contributed by atoms with Gasteiger partial charge in [0.25, 0.3) is 5.91 Å². The van der Waals surface area contributed by atoms with Gasteiger partial charge in [0.05, 0.1) is 0 Å². The number of aryl methyl sites for hydroxylation is 1. The second kappa shape index (κ2) is 9.64. The van der Waals surface area contributed by atoms with E-state index >= 15 is 0 Å². The van der Waals surface area contributed by atoms with Crippen molar-refractivity contribution in [3.63, 3.8) is 0 Å². The minimum absolute atomic E-state index is 0. The van der Waals surface area contributed by atoms with Crippen LogP contribution in [0.25, 0.3) is 5.82 Å². The maximum Gasteiger partial charge on any atom is 0.349 e. The van der Waals surface area contributed by atoms with Gasteiger partial charge in [0.2, 0.25) is 0 Å². The van der Waals surface area contributed by atoms with Gasteiger partial charge >= 0.3 is 5.63 Å². The van der Waals surface area contributed by atoms with Crippen molar-refractivity contribution in [2.75, 3.05) is 13.1 Å². The number of aromatic nitrogens is 4. The van der Waals surface area contributed by atoms with E-state index in [9.17, 15) is 9.59 Å². The van der Waals surface area contributed by atoms with Gasteiger partial charge in [-0.3, -0.25) is 4.79 Å². The van der Waals surface area contributed by atoms with Gasteiger partial charge in [0.15, 0.2) is 5.82 Å². The number of halogens is 1. The van der Waals surface area contributed by atoms with Crippen LogP contribution in [-0.4, -0.2) is 38.7 Å². The summed E-state index contributed by atoms with van der Waals surface area (Å²) in [4.78, 5) is 33.4. The quantitative estimate of drug-likeness (QED) is 0.633. The molecule has 1 unspecified atom stereocenters. The van der Waals surface area contributed by atoms with Gasteiger partial charge in [-0.05, 0) is 44.0 Å². The van der Waals surface area contributed by atoms with Crippen LogP contribution in [0, 0.1) is 6.92 Å². The standard InChI is InChI=1S/C20H22N6O3.ClH/c1-13-8-16(14-4-2-6-21-9-14)29-20(28)17(13)19(27)24-10-15-5-3-7-23-18(15)26-12-22-11-25-26;/h3,5,7-8,11-12,14,21H,2,4,6,9-10H2,1H3,(H,24,27);1H. The molecule has 3 aromatic rings. The molecule has 0 bridgehead atoms. The lowest BCUT2D eigenvalue weighted by Crippen LogP contribution is -2.31. The molecule has 0 spiro atoms. The Morgan fingerprint density at radius 3 is 3.00 bits per heavy atom. The molecular weight excluding hydrogens is 408 g/mol. The molecule has 1 atom stereocenters. The Morgan fingerprint density at radius 2 is 2.30 bits per heavy atom. The van der Waals surface area contributed by atoms with E-state index in [2.05, 4.69) is 25.7 Å². The Kier molecular flexibility index (Phi) is 6.96. The van der Waals surface area contributed by atoms with E-state index in [1.54, 1.807) is 25.3 Å². The lowest BCUT2D eigenvalue weighted by molar-refractivity contribution is 0.0945. The number of rotatable bonds is 5. The minimum atomic E-state index is -0.606. The second-order valence-corrected chi connectivity index (χ2v) is 7.05. The lowest BCUT2D eigenvalue weighted by atomic mass is 9.95. The van der Waals surface area contributed by atoms with Crippen LogP contribution < -0.4 is 16.3 Å². The number of amides is 1. The first-order valence-electron chi connectivity index (χ1n) is 9.56. The predicted molar refractivity (Wildman–Crippen MR) is 112 cm³/mol. The number of hydrogen-bond donors (Lipinski definition) is 2. The van der Waals surface area contributed by atoms with Crippen LogP contribution in [-0.2, 0) is 6.54 Å². The average Bonchev–Trinajstić information content (AvgIpc) is 3.27. The predicted octanol–water partition coefficient (Wildman–Crippen LogP) is 1.74. The zero-order chi connectivity index (χ0) is 20.2. The number of piperidine rings is 1. The molecule has 9 nitrogen and oxygen atoms in total. The van der Waals surface area contributed by atoms with Gasteiger partial charge in [-0.25, -0.2) is 19.4 Å². The number of nitrogens with one attached hydrogen (secondary N) is 2. The van der Waals surface area contributed by atoms with Crippen molar-refractivity contribution in [2.45, 2.75) is 32.2 Å². The summed E-state index contributed by atoms with van der Waals surface area (Å²) in [5.74, 6) is 0.886. The molecular formula is C20H23ClN6O3. The summed E-state index contributed by atoms with van der Waals surface area (Å²) >= 11 is 0. The Labute approximate surface area is 179 Å². The number of pyridine rings is 1. The van der Waals surface area contributed by atoms with Gasteiger partial charge in [0.1, 0.15) is 24.0 Å². The van der Waals surface area contributed by atoms with Crippen molar-refractivity contribution in [3.8, 4) is 5.82 Å². The first-order valence-corrected chi connectivity index (χ1v) is 9.56. The van der Waals surface area contributed by atoms with Crippen molar-refractivity contribution in [1.29, 1.82) is 0 Å². The molecule has 4 rings (SSSR count). The monoisotopic (exact) mass is 430 g/mol. The summed E-state index contributed by atoms with van der Waals surface area (Å²) in [6, 6.07) is 5.41. The van der Waals surface area contributed by atoms with Gasteiger partial charge in [0, 0.05) is 30.8 Å². The third kappa shape index (κ3) is 4.58. The number of nitrogens with zero attached hydrogens (tertiary/aromatic N) is 4. The molecule has 1 aliphatic rings. The molecule has 158 valence electrons. The molecule has 1 fully saturated rings. The summed E-state index contributed by atoms with van der Waals surface area (Å²) in [6.07, 6.45) is 6.59. The van der Waals surface area contributed by atoms with Crippen molar-refractivity contribution in [1.82, 2.24) is 30.4 Å². The highest BCUT2D eigenvalue weighted by atomic mass is 35.5. The van der Waals surface area contributed by atoms with Gasteiger partial charge in [-0.1, -0.05) is 6.07 Å². The maximum atomic E-state index is 12.7. The van der Waals surface area contributed by atoms with Crippen LogP contribution in [0.3, 0.4) is 0 Å². The highest BCUT2D eigenvalue weighted by Crippen LogP contribution is 2.23. The molecule has 1 amide bonds. The Morgan fingerprint density at radius 1 is 1.43 bits per heavy atom. The topological polar surface area (TPSA) is 115 Å². The van der Waals surface area contributed by atoms with Crippen molar-refractivity contribution in [2.24, 2.45) is 0 Å². The van der Waals surface area contributed by atoms with Crippen LogP contribution in [0.1, 0.15) is 46.0 Å². The van der Waals surface area contributed by atoms with Crippen LogP contribution in [0.4, 0.5) is 0 Å². The van der Waals surface area contributed by atoms with Crippen molar-refractivity contribution in [3.05, 3.63) is 69.9 Å². The molecule has 0 aromatic carbocycles. The molecule has 4 heterocycles. The first kappa shape index (κ1) is 21.7. The molecule has 3 aromatic heterocycles. The number of carbonyl (C=O) groups is 1. The van der Waals surface area contributed by atoms with E-state index in [1.165, 1.54) is 17.3 Å². The maximum absolute atomic E-state index is 12.7. The molecule has 0 aliphatic carbocycles. The molecule has 1 saturated heterocycles. The third-order valence-electron chi connectivity index (χ3n) is 5.04. The molecule has 1 aliphatic heterocycles. The zero-order valence-corrected chi connectivity index (χ0v) is 17.3. The van der Waals surface area contributed by atoms with Gasteiger partial charge in [-0.2, -0.15) is 5.10 Å². The fourth-order valence-electron chi connectivity index (χ4n) is 3.56.